The lowest BCUT2D eigenvalue weighted by Crippen LogP contribution is -2.40. The number of hydrogen-bond acceptors (Lipinski definition) is 2. The number of piperidine rings is 1. The maximum atomic E-state index is 13.6. The largest absolute Gasteiger partial charge is 0.397 e. The van der Waals surface area contributed by atoms with E-state index in [-0.39, 0.29) is 5.82 Å². The predicted molar refractivity (Wildman–Crippen MR) is 73.7 cm³/mol. The highest BCUT2D eigenvalue weighted by Crippen LogP contribution is 2.34. The predicted octanol–water partition coefficient (Wildman–Crippen LogP) is 3.80. The number of hydrogen-bond donors (Lipinski definition) is 1. The standard InChI is InChI=1S/C13H18BrFN2/c1-8-3-4-17(9(2)5-8)13-7-11(15)10(14)6-12(13)16/h6-9H,3-5,16H2,1-2H3. The summed E-state index contributed by atoms with van der Waals surface area (Å²) in [6, 6.07) is 3.60. The molecule has 1 aliphatic rings. The van der Waals surface area contributed by atoms with E-state index in [0.29, 0.717) is 16.2 Å². The third-order valence-electron chi connectivity index (χ3n) is 3.52. The first-order valence-corrected chi connectivity index (χ1v) is 6.79. The van der Waals surface area contributed by atoms with Gasteiger partial charge in [0.05, 0.1) is 15.8 Å². The maximum Gasteiger partial charge on any atom is 0.139 e. The first-order chi connectivity index (χ1) is 7.99. The van der Waals surface area contributed by atoms with Crippen molar-refractivity contribution in [3.63, 3.8) is 0 Å². The van der Waals surface area contributed by atoms with Crippen molar-refractivity contribution in [2.45, 2.75) is 32.7 Å². The average Bonchev–Trinajstić information content (AvgIpc) is 2.24. The number of anilines is 2. The Morgan fingerprint density at radius 3 is 2.76 bits per heavy atom. The number of halogens is 2. The van der Waals surface area contributed by atoms with Gasteiger partial charge in [-0.3, -0.25) is 0 Å². The van der Waals surface area contributed by atoms with Crippen LogP contribution in [0.4, 0.5) is 15.8 Å². The molecule has 0 amide bonds. The third kappa shape index (κ3) is 2.57. The molecule has 2 nitrogen and oxygen atoms in total. The molecule has 2 unspecified atom stereocenters. The van der Waals surface area contributed by atoms with Gasteiger partial charge in [0.25, 0.3) is 0 Å². The molecule has 94 valence electrons. The van der Waals surface area contributed by atoms with Crippen LogP contribution in [0.15, 0.2) is 16.6 Å². The molecule has 1 aromatic rings. The molecule has 0 radical (unpaired) electrons. The summed E-state index contributed by atoms with van der Waals surface area (Å²) in [5, 5.41) is 0. The Morgan fingerprint density at radius 2 is 2.12 bits per heavy atom. The summed E-state index contributed by atoms with van der Waals surface area (Å²) in [5.41, 5.74) is 7.44. The third-order valence-corrected chi connectivity index (χ3v) is 4.13. The molecule has 0 saturated carbocycles. The lowest BCUT2D eigenvalue weighted by atomic mass is 9.93. The van der Waals surface area contributed by atoms with Crippen molar-refractivity contribution in [3.05, 3.63) is 22.4 Å². The minimum absolute atomic E-state index is 0.250. The van der Waals surface area contributed by atoms with E-state index >= 15 is 0 Å². The van der Waals surface area contributed by atoms with Crippen LogP contribution < -0.4 is 10.6 Å². The molecule has 4 heteroatoms. The van der Waals surface area contributed by atoms with E-state index < -0.39 is 0 Å². The Morgan fingerprint density at radius 1 is 1.41 bits per heavy atom. The number of nitrogens with two attached hydrogens (primary N) is 1. The zero-order valence-electron chi connectivity index (χ0n) is 10.2. The number of benzene rings is 1. The monoisotopic (exact) mass is 300 g/mol. The highest BCUT2D eigenvalue weighted by molar-refractivity contribution is 9.10. The van der Waals surface area contributed by atoms with Gasteiger partial charge in [0.1, 0.15) is 5.82 Å². The van der Waals surface area contributed by atoms with Crippen molar-refractivity contribution in [2.75, 3.05) is 17.2 Å². The molecule has 0 aromatic heterocycles. The molecule has 2 rings (SSSR count). The van der Waals surface area contributed by atoms with E-state index in [4.69, 9.17) is 5.73 Å². The molecule has 1 heterocycles. The summed E-state index contributed by atoms with van der Waals surface area (Å²) in [5.74, 6) is 0.489. The Hall–Kier alpha value is -0.770. The van der Waals surface area contributed by atoms with E-state index in [1.807, 2.05) is 0 Å². The second-order valence-corrected chi connectivity index (χ2v) is 5.85. The summed E-state index contributed by atoms with van der Waals surface area (Å²) >= 11 is 3.16. The topological polar surface area (TPSA) is 29.3 Å². The van der Waals surface area contributed by atoms with E-state index in [9.17, 15) is 4.39 Å². The molecular formula is C13H18BrFN2. The Bertz CT molecular complexity index is 422. The number of rotatable bonds is 1. The van der Waals surface area contributed by atoms with Crippen LogP contribution in [0.2, 0.25) is 0 Å². The van der Waals surface area contributed by atoms with Gasteiger partial charge in [-0.05, 0) is 47.7 Å². The first kappa shape index (κ1) is 12.7. The smallest absolute Gasteiger partial charge is 0.139 e. The van der Waals surface area contributed by atoms with Gasteiger partial charge in [0.15, 0.2) is 0 Å². The molecule has 2 N–H and O–H groups in total. The minimum atomic E-state index is -0.250. The summed E-state index contributed by atoms with van der Waals surface area (Å²) in [6.07, 6.45) is 2.28. The molecule has 1 fully saturated rings. The molecule has 0 aliphatic carbocycles. The van der Waals surface area contributed by atoms with Crippen molar-refractivity contribution in [1.82, 2.24) is 0 Å². The van der Waals surface area contributed by atoms with Crippen LogP contribution in [0, 0.1) is 11.7 Å². The summed E-state index contributed by atoms with van der Waals surface area (Å²) < 4.78 is 14.0. The maximum absolute atomic E-state index is 13.6. The minimum Gasteiger partial charge on any atom is -0.397 e. The van der Waals surface area contributed by atoms with Crippen molar-refractivity contribution < 1.29 is 4.39 Å². The van der Waals surface area contributed by atoms with Gasteiger partial charge in [0.2, 0.25) is 0 Å². The van der Waals surface area contributed by atoms with Crippen LogP contribution in [-0.4, -0.2) is 12.6 Å². The fourth-order valence-corrected chi connectivity index (χ4v) is 2.93. The lowest BCUT2D eigenvalue weighted by molar-refractivity contribution is 0.378. The fourth-order valence-electron chi connectivity index (χ4n) is 2.57. The Labute approximate surface area is 110 Å². The fraction of sp³-hybridized carbons (Fsp3) is 0.538. The molecule has 1 saturated heterocycles. The number of nitrogens with zero attached hydrogens (tertiary/aromatic N) is 1. The van der Waals surface area contributed by atoms with Gasteiger partial charge in [-0.15, -0.1) is 0 Å². The molecular weight excluding hydrogens is 283 g/mol. The summed E-state index contributed by atoms with van der Waals surface area (Å²) in [4.78, 5) is 2.21. The van der Waals surface area contributed by atoms with Gasteiger partial charge in [-0.2, -0.15) is 0 Å². The lowest BCUT2D eigenvalue weighted by Gasteiger charge is -2.39. The Kier molecular flexibility index (Phi) is 3.61. The first-order valence-electron chi connectivity index (χ1n) is 6.00. The van der Waals surface area contributed by atoms with Crippen molar-refractivity contribution in [2.24, 2.45) is 5.92 Å². The summed E-state index contributed by atoms with van der Waals surface area (Å²) in [7, 11) is 0. The molecule has 0 bridgehead atoms. The average molecular weight is 301 g/mol. The molecule has 1 aliphatic heterocycles. The van der Waals surface area contributed by atoms with Gasteiger partial charge >= 0.3 is 0 Å². The van der Waals surface area contributed by atoms with Crippen LogP contribution in [0.25, 0.3) is 0 Å². The second-order valence-electron chi connectivity index (χ2n) is 5.00. The molecule has 0 spiro atoms. The highest BCUT2D eigenvalue weighted by atomic mass is 79.9. The molecule has 1 aromatic carbocycles. The second kappa shape index (κ2) is 4.84. The van der Waals surface area contributed by atoms with E-state index in [1.165, 1.54) is 6.07 Å². The SMILES string of the molecule is CC1CCN(c2cc(F)c(Br)cc2N)C(C)C1. The van der Waals surface area contributed by atoms with Crippen molar-refractivity contribution >= 4 is 27.3 Å². The van der Waals surface area contributed by atoms with Gasteiger partial charge in [0, 0.05) is 18.7 Å². The van der Waals surface area contributed by atoms with Gasteiger partial charge in [-0.25, -0.2) is 4.39 Å². The van der Waals surface area contributed by atoms with E-state index in [2.05, 4.69) is 34.7 Å². The normalized spacial score (nSPS) is 25.1. The van der Waals surface area contributed by atoms with Crippen LogP contribution in [0.5, 0.6) is 0 Å². The van der Waals surface area contributed by atoms with Crippen LogP contribution in [0.3, 0.4) is 0 Å². The molecule has 17 heavy (non-hydrogen) atoms. The van der Waals surface area contributed by atoms with E-state index in [1.54, 1.807) is 6.07 Å². The van der Waals surface area contributed by atoms with Crippen LogP contribution in [0.1, 0.15) is 26.7 Å². The molecule has 2 atom stereocenters. The van der Waals surface area contributed by atoms with Gasteiger partial charge < -0.3 is 10.6 Å². The van der Waals surface area contributed by atoms with Crippen molar-refractivity contribution in [3.8, 4) is 0 Å². The van der Waals surface area contributed by atoms with Gasteiger partial charge in [-0.1, -0.05) is 6.92 Å². The van der Waals surface area contributed by atoms with Crippen molar-refractivity contribution in [1.29, 1.82) is 0 Å². The number of nitrogen functional groups attached to an aromatic ring is 1. The van der Waals surface area contributed by atoms with E-state index in [0.717, 1.165) is 31.0 Å². The van der Waals surface area contributed by atoms with Crippen LogP contribution >= 0.6 is 15.9 Å². The Balaban J connectivity index is 2.31. The zero-order valence-corrected chi connectivity index (χ0v) is 11.8. The van der Waals surface area contributed by atoms with Crippen LogP contribution in [-0.2, 0) is 0 Å². The zero-order chi connectivity index (χ0) is 12.6. The highest BCUT2D eigenvalue weighted by Gasteiger charge is 2.24. The quantitative estimate of drug-likeness (QED) is 0.800. The summed E-state index contributed by atoms with van der Waals surface area (Å²) in [6.45, 7) is 5.39.